The van der Waals surface area contributed by atoms with Gasteiger partial charge in [-0.25, -0.2) is 8.78 Å². The number of carbonyl (C=O) groups excluding carboxylic acids is 1. The van der Waals surface area contributed by atoms with E-state index in [0.29, 0.717) is 11.3 Å². The maximum atomic E-state index is 14.7. The molecule has 0 aliphatic heterocycles. The average Bonchev–Trinajstić information content (AvgIpc) is 3.14. The Bertz CT molecular complexity index is 1090. The number of nitrogens with one attached hydrogen (secondary N) is 2. The monoisotopic (exact) mass is 444 g/mol. The van der Waals surface area contributed by atoms with Crippen LogP contribution >= 0.6 is 12.2 Å². The van der Waals surface area contributed by atoms with Crippen LogP contribution < -0.4 is 10.6 Å². The van der Waals surface area contributed by atoms with Gasteiger partial charge in [-0.05, 0) is 43.4 Å². The maximum Gasteiger partial charge on any atom is 0.257 e. The molecule has 1 heterocycles. The first kappa shape index (κ1) is 22.5. The number of hydrogen-bond donors (Lipinski definition) is 3. The highest BCUT2D eigenvalue weighted by atomic mass is 32.1. The fourth-order valence-corrected chi connectivity index (χ4v) is 3.73. The van der Waals surface area contributed by atoms with E-state index in [4.69, 9.17) is 12.2 Å². The Hall–Kier alpha value is -3.17. The van der Waals surface area contributed by atoms with Gasteiger partial charge in [-0.15, -0.1) is 0 Å². The number of nitrogens with zero attached hydrogens (tertiary/aromatic N) is 2. The van der Waals surface area contributed by atoms with Gasteiger partial charge in [-0.2, -0.15) is 5.10 Å². The van der Waals surface area contributed by atoms with Crippen molar-refractivity contribution in [3.8, 4) is 0 Å². The highest BCUT2D eigenvalue weighted by Gasteiger charge is 2.34. The molecule has 3 N–H and O–H groups in total. The van der Waals surface area contributed by atoms with Crippen LogP contribution in [0.1, 0.15) is 41.1 Å². The summed E-state index contributed by atoms with van der Waals surface area (Å²) in [5.41, 5.74) is -0.278. The normalized spacial score (nSPS) is 13.8. The molecule has 0 aliphatic rings. The number of thiocarbonyl (C=S) groups is 1. The number of aliphatic hydroxyl groups is 1. The third-order valence-electron chi connectivity index (χ3n) is 4.98. The first-order chi connectivity index (χ1) is 14.7. The molecule has 6 nitrogen and oxygen atoms in total. The summed E-state index contributed by atoms with van der Waals surface area (Å²) < 4.78 is 29.7. The molecular formula is C22H22F2N4O2S. The Balaban J connectivity index is 1.87. The minimum atomic E-state index is -1.28. The summed E-state index contributed by atoms with van der Waals surface area (Å²) in [4.78, 5) is 12.4. The molecule has 162 valence electrons. The second-order valence-corrected chi connectivity index (χ2v) is 7.74. The summed E-state index contributed by atoms with van der Waals surface area (Å²) >= 11 is 5.29. The molecular weight excluding hydrogens is 422 g/mol. The van der Waals surface area contributed by atoms with E-state index in [9.17, 15) is 18.7 Å². The third-order valence-corrected chi connectivity index (χ3v) is 5.18. The zero-order valence-electron chi connectivity index (χ0n) is 17.0. The maximum absolute atomic E-state index is 14.7. The first-order valence-electron chi connectivity index (χ1n) is 9.49. The topological polar surface area (TPSA) is 79.2 Å². The van der Waals surface area contributed by atoms with Crippen LogP contribution in [0.2, 0.25) is 0 Å². The largest absolute Gasteiger partial charge is 0.387 e. The number of halogens is 2. The van der Waals surface area contributed by atoms with Gasteiger partial charge in [0.1, 0.15) is 11.6 Å². The molecule has 9 heteroatoms. The summed E-state index contributed by atoms with van der Waals surface area (Å²) in [5, 5.41) is 20.2. The first-order valence-corrected chi connectivity index (χ1v) is 9.90. The van der Waals surface area contributed by atoms with Crippen LogP contribution in [0, 0.1) is 11.6 Å². The average molecular weight is 445 g/mol. The van der Waals surface area contributed by atoms with Crippen LogP contribution in [0.4, 0.5) is 8.78 Å². The minimum Gasteiger partial charge on any atom is -0.387 e. The van der Waals surface area contributed by atoms with Crippen LogP contribution in [0.5, 0.6) is 0 Å². The SMILES string of the molecule is Cn1nccc1C(O)CC(C)(NC(=S)NC(=O)c1ccccc1)c1ccc(F)cc1F. The van der Waals surface area contributed by atoms with Crippen molar-refractivity contribution in [2.75, 3.05) is 0 Å². The van der Waals surface area contributed by atoms with Crippen molar-refractivity contribution in [2.45, 2.75) is 25.0 Å². The molecule has 0 fully saturated rings. The van der Waals surface area contributed by atoms with Gasteiger partial charge in [0.05, 0.1) is 17.3 Å². The lowest BCUT2D eigenvalue weighted by molar-refractivity contribution is 0.0974. The van der Waals surface area contributed by atoms with Gasteiger partial charge in [0.15, 0.2) is 5.11 Å². The van der Waals surface area contributed by atoms with Gasteiger partial charge < -0.3 is 10.4 Å². The molecule has 0 aliphatic carbocycles. The van der Waals surface area contributed by atoms with Crippen LogP contribution in [0.3, 0.4) is 0 Å². The molecule has 3 aromatic rings. The van der Waals surface area contributed by atoms with E-state index in [1.54, 1.807) is 50.4 Å². The van der Waals surface area contributed by atoms with Crippen LogP contribution in [0.25, 0.3) is 0 Å². The van der Waals surface area contributed by atoms with E-state index < -0.39 is 29.2 Å². The van der Waals surface area contributed by atoms with Crippen molar-refractivity contribution in [1.82, 2.24) is 20.4 Å². The number of aromatic nitrogens is 2. The minimum absolute atomic E-state index is 0.0313. The Kier molecular flexibility index (Phi) is 6.77. The molecule has 0 spiro atoms. The lowest BCUT2D eigenvalue weighted by Crippen LogP contribution is -2.50. The highest BCUT2D eigenvalue weighted by Crippen LogP contribution is 2.33. The molecule has 2 aromatic carbocycles. The third kappa shape index (κ3) is 5.31. The molecule has 1 aromatic heterocycles. The highest BCUT2D eigenvalue weighted by molar-refractivity contribution is 7.80. The molecule has 3 rings (SSSR count). The lowest BCUT2D eigenvalue weighted by Gasteiger charge is -2.34. The van der Waals surface area contributed by atoms with Crippen LogP contribution in [-0.2, 0) is 12.6 Å². The molecule has 0 radical (unpaired) electrons. The smallest absolute Gasteiger partial charge is 0.257 e. The molecule has 0 saturated heterocycles. The molecule has 1 amide bonds. The summed E-state index contributed by atoms with van der Waals surface area (Å²) in [6.45, 7) is 1.61. The second kappa shape index (κ2) is 9.32. The Labute approximate surface area is 183 Å². The fraction of sp³-hybridized carbons (Fsp3) is 0.227. The van der Waals surface area contributed by atoms with Crippen molar-refractivity contribution >= 4 is 23.2 Å². The lowest BCUT2D eigenvalue weighted by atomic mass is 9.85. The van der Waals surface area contributed by atoms with E-state index in [1.807, 2.05) is 0 Å². The molecule has 31 heavy (non-hydrogen) atoms. The Morgan fingerprint density at radius 1 is 1.23 bits per heavy atom. The number of benzene rings is 2. The Morgan fingerprint density at radius 2 is 1.94 bits per heavy atom. The van der Waals surface area contributed by atoms with Gasteiger partial charge in [0.25, 0.3) is 5.91 Å². The molecule has 2 unspecified atom stereocenters. The zero-order chi connectivity index (χ0) is 22.6. The number of hydrogen-bond acceptors (Lipinski definition) is 4. The van der Waals surface area contributed by atoms with E-state index in [1.165, 1.54) is 16.9 Å². The van der Waals surface area contributed by atoms with Crippen molar-refractivity contribution in [3.63, 3.8) is 0 Å². The summed E-state index contributed by atoms with van der Waals surface area (Å²) in [6.07, 6.45) is 0.463. The van der Waals surface area contributed by atoms with Crippen molar-refractivity contribution in [1.29, 1.82) is 0 Å². The van der Waals surface area contributed by atoms with E-state index in [-0.39, 0.29) is 17.1 Å². The van der Waals surface area contributed by atoms with Gasteiger partial charge in [0.2, 0.25) is 0 Å². The predicted octanol–water partition coefficient (Wildman–Crippen LogP) is 3.34. The number of aliphatic hydroxyl groups excluding tert-OH is 1. The Morgan fingerprint density at radius 3 is 2.55 bits per heavy atom. The molecule has 0 saturated carbocycles. The van der Waals surface area contributed by atoms with E-state index in [0.717, 1.165) is 12.1 Å². The summed E-state index contributed by atoms with van der Waals surface area (Å²) in [5.74, 6) is -1.97. The van der Waals surface area contributed by atoms with Crippen LogP contribution in [0.15, 0.2) is 60.8 Å². The van der Waals surface area contributed by atoms with Gasteiger partial charge in [0, 0.05) is 36.9 Å². The van der Waals surface area contributed by atoms with E-state index in [2.05, 4.69) is 15.7 Å². The van der Waals surface area contributed by atoms with Crippen molar-refractivity contribution in [2.24, 2.45) is 7.05 Å². The quantitative estimate of drug-likeness (QED) is 0.509. The van der Waals surface area contributed by atoms with Crippen molar-refractivity contribution in [3.05, 3.63) is 89.2 Å². The molecule has 2 atom stereocenters. The molecule has 0 bridgehead atoms. The number of carbonyl (C=O) groups is 1. The summed E-state index contributed by atoms with van der Waals surface area (Å²) in [7, 11) is 1.67. The number of rotatable bonds is 6. The van der Waals surface area contributed by atoms with Gasteiger partial charge >= 0.3 is 0 Å². The summed E-state index contributed by atoms with van der Waals surface area (Å²) in [6, 6.07) is 13.3. The number of amides is 1. The van der Waals surface area contributed by atoms with Crippen LogP contribution in [-0.4, -0.2) is 25.9 Å². The fourth-order valence-electron chi connectivity index (χ4n) is 3.41. The van der Waals surface area contributed by atoms with Gasteiger partial charge in [-0.3, -0.25) is 14.8 Å². The van der Waals surface area contributed by atoms with Crippen molar-refractivity contribution < 1.29 is 18.7 Å². The predicted molar refractivity (Wildman–Crippen MR) is 116 cm³/mol. The van der Waals surface area contributed by atoms with Gasteiger partial charge in [-0.1, -0.05) is 24.3 Å². The zero-order valence-corrected chi connectivity index (χ0v) is 17.8. The number of aryl methyl sites for hydroxylation is 1. The second-order valence-electron chi connectivity index (χ2n) is 7.33. The standard InChI is InChI=1S/C22H22F2N4O2S/c1-22(16-9-8-15(23)12-17(16)24,13-19(29)18-10-11-25-28(18)2)27-21(31)26-20(30)14-6-4-3-5-7-14/h3-12,19,29H,13H2,1-2H3,(H2,26,27,30,31). The van der Waals surface area contributed by atoms with E-state index >= 15 is 0 Å².